The third-order valence-electron chi connectivity index (χ3n) is 3.44. The second kappa shape index (κ2) is 7.55. The quantitative estimate of drug-likeness (QED) is 0.838. The van der Waals surface area contributed by atoms with Gasteiger partial charge in [-0.3, -0.25) is 4.79 Å². The molecule has 0 aliphatic rings. The summed E-state index contributed by atoms with van der Waals surface area (Å²) in [5.74, 6) is -0.973. The van der Waals surface area contributed by atoms with E-state index in [1.54, 1.807) is 0 Å². The summed E-state index contributed by atoms with van der Waals surface area (Å²) in [6.45, 7) is 3.72. The number of sulfonamides is 1. The van der Waals surface area contributed by atoms with Crippen LogP contribution in [0, 0.1) is 12.7 Å². The van der Waals surface area contributed by atoms with Crippen LogP contribution in [0.4, 0.5) is 4.39 Å². The molecule has 7 heteroatoms. The van der Waals surface area contributed by atoms with Crippen molar-refractivity contribution in [1.82, 2.24) is 10.0 Å². The Labute approximate surface area is 141 Å². The number of halogens is 1. The predicted octanol–water partition coefficient (Wildman–Crippen LogP) is 2.12. The number of rotatable bonds is 6. The van der Waals surface area contributed by atoms with Gasteiger partial charge in [-0.1, -0.05) is 29.8 Å². The zero-order valence-electron chi connectivity index (χ0n) is 13.4. The third-order valence-corrected chi connectivity index (χ3v) is 4.99. The molecule has 5 nitrogen and oxygen atoms in total. The second-order valence-corrected chi connectivity index (χ2v) is 7.21. The van der Waals surface area contributed by atoms with Crippen LogP contribution in [0.15, 0.2) is 53.4 Å². The molecule has 0 aromatic heterocycles. The number of hydrogen-bond donors (Lipinski definition) is 2. The van der Waals surface area contributed by atoms with Gasteiger partial charge in [0, 0.05) is 6.54 Å². The zero-order valence-corrected chi connectivity index (χ0v) is 14.2. The van der Waals surface area contributed by atoms with Crippen molar-refractivity contribution in [3.05, 3.63) is 65.5 Å². The number of amides is 1. The predicted molar refractivity (Wildman–Crippen MR) is 89.2 cm³/mol. The molecule has 1 atom stereocenters. The van der Waals surface area contributed by atoms with E-state index in [-0.39, 0.29) is 4.90 Å². The monoisotopic (exact) mass is 350 g/mol. The summed E-state index contributed by atoms with van der Waals surface area (Å²) < 4.78 is 39.5. The van der Waals surface area contributed by atoms with Crippen molar-refractivity contribution in [2.24, 2.45) is 0 Å². The Kier molecular flexibility index (Phi) is 5.69. The minimum atomic E-state index is -3.89. The van der Waals surface area contributed by atoms with Crippen LogP contribution in [0.2, 0.25) is 0 Å². The van der Waals surface area contributed by atoms with Crippen molar-refractivity contribution in [2.75, 3.05) is 0 Å². The summed E-state index contributed by atoms with van der Waals surface area (Å²) in [6, 6.07) is 11.1. The van der Waals surface area contributed by atoms with Crippen LogP contribution in [0.25, 0.3) is 0 Å². The minimum Gasteiger partial charge on any atom is -0.351 e. The zero-order chi connectivity index (χ0) is 17.7. The van der Waals surface area contributed by atoms with E-state index in [2.05, 4.69) is 10.0 Å². The van der Waals surface area contributed by atoms with Gasteiger partial charge >= 0.3 is 0 Å². The van der Waals surface area contributed by atoms with Crippen molar-refractivity contribution in [3.63, 3.8) is 0 Å². The van der Waals surface area contributed by atoms with Gasteiger partial charge in [-0.15, -0.1) is 0 Å². The van der Waals surface area contributed by atoms with Gasteiger partial charge in [-0.05, 0) is 43.7 Å². The van der Waals surface area contributed by atoms with Crippen LogP contribution >= 0.6 is 0 Å². The molecule has 0 aliphatic heterocycles. The van der Waals surface area contributed by atoms with E-state index in [9.17, 15) is 17.6 Å². The van der Waals surface area contributed by atoms with Gasteiger partial charge in [0.25, 0.3) is 0 Å². The van der Waals surface area contributed by atoms with E-state index in [1.165, 1.54) is 6.92 Å². The van der Waals surface area contributed by atoms with E-state index in [0.717, 1.165) is 35.4 Å². The molecular weight excluding hydrogens is 331 g/mol. The van der Waals surface area contributed by atoms with Crippen molar-refractivity contribution in [1.29, 1.82) is 0 Å². The largest absolute Gasteiger partial charge is 0.351 e. The molecule has 128 valence electrons. The lowest BCUT2D eigenvalue weighted by Gasteiger charge is -2.14. The molecule has 1 amide bonds. The van der Waals surface area contributed by atoms with E-state index in [4.69, 9.17) is 0 Å². The highest BCUT2D eigenvalue weighted by molar-refractivity contribution is 7.89. The van der Waals surface area contributed by atoms with Gasteiger partial charge < -0.3 is 5.32 Å². The van der Waals surface area contributed by atoms with Gasteiger partial charge in [0.15, 0.2) is 0 Å². The van der Waals surface area contributed by atoms with Crippen molar-refractivity contribution in [3.8, 4) is 0 Å². The first kappa shape index (κ1) is 18.1. The molecule has 0 radical (unpaired) electrons. The smallest absolute Gasteiger partial charge is 0.241 e. The summed E-state index contributed by atoms with van der Waals surface area (Å²) >= 11 is 0. The average Bonchev–Trinajstić information content (AvgIpc) is 2.54. The number of benzene rings is 2. The van der Waals surface area contributed by atoms with Crippen LogP contribution in [0.5, 0.6) is 0 Å². The highest BCUT2D eigenvalue weighted by Gasteiger charge is 2.21. The van der Waals surface area contributed by atoms with Gasteiger partial charge in [-0.2, -0.15) is 4.72 Å². The highest BCUT2D eigenvalue weighted by Crippen LogP contribution is 2.10. The summed E-state index contributed by atoms with van der Waals surface area (Å²) in [4.78, 5) is 12.0. The standard InChI is InChI=1S/C17H19FN2O3S/c1-12-3-5-14(6-4-12)11-19-17(21)13(2)20-24(22,23)16-9-7-15(18)8-10-16/h3-10,13,20H,11H2,1-2H3,(H,19,21)/t13-/m0/s1. The van der Waals surface area contributed by atoms with Crippen LogP contribution in [-0.4, -0.2) is 20.4 Å². The fourth-order valence-corrected chi connectivity index (χ4v) is 3.22. The summed E-state index contributed by atoms with van der Waals surface area (Å²) in [6.07, 6.45) is 0. The molecule has 0 bridgehead atoms. The van der Waals surface area contributed by atoms with E-state index >= 15 is 0 Å². The molecule has 0 saturated heterocycles. The van der Waals surface area contributed by atoms with Gasteiger partial charge in [0.2, 0.25) is 15.9 Å². The Morgan fingerprint density at radius 1 is 1.08 bits per heavy atom. The molecule has 0 heterocycles. The summed E-state index contributed by atoms with van der Waals surface area (Å²) in [5.41, 5.74) is 2.04. The number of nitrogens with one attached hydrogen (secondary N) is 2. The molecular formula is C17H19FN2O3S. The molecule has 2 N–H and O–H groups in total. The first-order valence-corrected chi connectivity index (χ1v) is 8.87. The second-order valence-electron chi connectivity index (χ2n) is 5.50. The number of carbonyl (C=O) groups excluding carboxylic acids is 1. The highest BCUT2D eigenvalue weighted by atomic mass is 32.2. The molecule has 0 aliphatic carbocycles. The average molecular weight is 350 g/mol. The first-order valence-electron chi connectivity index (χ1n) is 7.39. The molecule has 0 saturated carbocycles. The molecule has 2 aromatic rings. The fraction of sp³-hybridized carbons (Fsp3) is 0.235. The van der Waals surface area contributed by atoms with Crippen LogP contribution in [-0.2, 0) is 21.4 Å². The molecule has 0 fully saturated rings. The third kappa shape index (κ3) is 4.87. The topological polar surface area (TPSA) is 75.3 Å². The van der Waals surface area contributed by atoms with Gasteiger partial charge in [0.05, 0.1) is 10.9 Å². The van der Waals surface area contributed by atoms with Crippen molar-refractivity contribution in [2.45, 2.75) is 31.3 Å². The SMILES string of the molecule is Cc1ccc(CNC(=O)[C@H](C)NS(=O)(=O)c2ccc(F)cc2)cc1. The maximum Gasteiger partial charge on any atom is 0.241 e. The van der Waals surface area contributed by atoms with E-state index in [1.807, 2.05) is 31.2 Å². The lowest BCUT2D eigenvalue weighted by Crippen LogP contribution is -2.44. The molecule has 0 unspecified atom stereocenters. The van der Waals surface area contributed by atoms with Crippen molar-refractivity contribution < 1.29 is 17.6 Å². The fourth-order valence-electron chi connectivity index (χ4n) is 2.02. The van der Waals surface area contributed by atoms with Crippen LogP contribution in [0.3, 0.4) is 0 Å². The maximum absolute atomic E-state index is 12.9. The molecule has 2 aromatic carbocycles. The normalized spacial score (nSPS) is 12.6. The number of aryl methyl sites for hydroxylation is 1. The van der Waals surface area contributed by atoms with E-state index < -0.39 is 27.8 Å². The first-order chi connectivity index (χ1) is 11.3. The summed E-state index contributed by atoms with van der Waals surface area (Å²) in [7, 11) is -3.89. The Bertz CT molecular complexity index is 803. The Hall–Kier alpha value is -2.25. The Morgan fingerprint density at radius 3 is 2.25 bits per heavy atom. The van der Waals surface area contributed by atoms with Gasteiger partial charge in [0.1, 0.15) is 5.82 Å². The Morgan fingerprint density at radius 2 is 1.67 bits per heavy atom. The maximum atomic E-state index is 12.9. The Balaban J connectivity index is 1.95. The molecule has 24 heavy (non-hydrogen) atoms. The van der Waals surface area contributed by atoms with Crippen LogP contribution in [0.1, 0.15) is 18.1 Å². The minimum absolute atomic E-state index is 0.0953. The number of carbonyl (C=O) groups is 1. The number of hydrogen-bond acceptors (Lipinski definition) is 3. The summed E-state index contributed by atoms with van der Waals surface area (Å²) in [5, 5.41) is 2.68. The molecule has 2 rings (SSSR count). The molecule has 0 spiro atoms. The van der Waals surface area contributed by atoms with Crippen molar-refractivity contribution >= 4 is 15.9 Å². The lowest BCUT2D eigenvalue weighted by atomic mass is 10.1. The van der Waals surface area contributed by atoms with Gasteiger partial charge in [-0.25, -0.2) is 12.8 Å². The van der Waals surface area contributed by atoms with E-state index in [0.29, 0.717) is 6.54 Å². The lowest BCUT2D eigenvalue weighted by molar-refractivity contribution is -0.122. The van der Waals surface area contributed by atoms with Crippen LogP contribution < -0.4 is 10.0 Å².